The van der Waals surface area contributed by atoms with E-state index in [2.05, 4.69) is 39.0 Å². The van der Waals surface area contributed by atoms with Crippen molar-refractivity contribution in [3.63, 3.8) is 0 Å². The quantitative estimate of drug-likeness (QED) is 0.862. The van der Waals surface area contributed by atoms with Crippen LogP contribution in [-0.2, 0) is 0 Å². The fourth-order valence-corrected chi connectivity index (χ4v) is 2.12. The van der Waals surface area contributed by atoms with E-state index in [0.717, 1.165) is 25.6 Å². The van der Waals surface area contributed by atoms with Crippen LogP contribution in [-0.4, -0.2) is 41.2 Å². The molecule has 2 heterocycles. The molecule has 0 atom stereocenters. The molecule has 2 rings (SSSR count). The van der Waals surface area contributed by atoms with Crippen LogP contribution < -0.4 is 15.0 Å². The second-order valence-electron chi connectivity index (χ2n) is 5.52. The van der Waals surface area contributed by atoms with Crippen molar-refractivity contribution < 1.29 is 4.74 Å². The molecule has 1 aromatic heterocycles. The van der Waals surface area contributed by atoms with Gasteiger partial charge in [0.2, 0.25) is 11.9 Å². The van der Waals surface area contributed by atoms with Crippen LogP contribution in [0.5, 0.6) is 6.01 Å². The van der Waals surface area contributed by atoms with Gasteiger partial charge in [0.15, 0.2) is 0 Å². The second-order valence-corrected chi connectivity index (χ2v) is 5.52. The summed E-state index contributed by atoms with van der Waals surface area (Å²) in [5.41, 5.74) is 0. The van der Waals surface area contributed by atoms with Gasteiger partial charge in [0.05, 0.1) is 6.61 Å². The molecule has 1 saturated heterocycles. The summed E-state index contributed by atoms with van der Waals surface area (Å²) in [6, 6.07) is 0.422. The lowest BCUT2D eigenvalue weighted by molar-refractivity contribution is 0.250. The third-order valence-electron chi connectivity index (χ3n) is 3.12. The van der Waals surface area contributed by atoms with Gasteiger partial charge in [0.1, 0.15) is 0 Å². The van der Waals surface area contributed by atoms with Gasteiger partial charge < -0.3 is 15.0 Å². The molecule has 0 aliphatic carbocycles. The molecule has 6 heteroatoms. The van der Waals surface area contributed by atoms with Gasteiger partial charge in [-0.3, -0.25) is 0 Å². The molecule has 0 saturated carbocycles. The highest BCUT2D eigenvalue weighted by atomic mass is 16.5. The highest BCUT2D eigenvalue weighted by molar-refractivity contribution is 5.38. The molecule has 1 aliphatic heterocycles. The molecule has 0 radical (unpaired) electrons. The van der Waals surface area contributed by atoms with E-state index < -0.39 is 0 Å². The molecule has 1 aromatic rings. The maximum atomic E-state index is 5.66. The Morgan fingerprint density at radius 2 is 1.90 bits per heavy atom. The van der Waals surface area contributed by atoms with Crippen molar-refractivity contribution in [3.05, 3.63) is 0 Å². The summed E-state index contributed by atoms with van der Waals surface area (Å²) < 4.78 is 5.66. The first-order valence-corrected chi connectivity index (χ1v) is 7.56. The molecule has 0 amide bonds. The monoisotopic (exact) mass is 279 g/mol. The second kappa shape index (κ2) is 7.26. The summed E-state index contributed by atoms with van der Waals surface area (Å²) in [5, 5.41) is 3.15. The van der Waals surface area contributed by atoms with E-state index in [4.69, 9.17) is 4.74 Å². The first-order chi connectivity index (χ1) is 9.69. The normalized spacial score (nSPS) is 15.5. The number of hydrogen-bond donors (Lipinski definition) is 1. The Hall–Kier alpha value is -1.59. The van der Waals surface area contributed by atoms with Gasteiger partial charge in [-0.1, -0.05) is 13.8 Å². The molecule has 112 valence electrons. The van der Waals surface area contributed by atoms with Crippen LogP contribution in [0.4, 0.5) is 11.9 Å². The molecule has 1 aliphatic rings. The van der Waals surface area contributed by atoms with Crippen LogP contribution in [0.1, 0.15) is 40.0 Å². The van der Waals surface area contributed by atoms with Gasteiger partial charge in [-0.05, 0) is 32.1 Å². The Morgan fingerprint density at radius 1 is 1.15 bits per heavy atom. The fraction of sp³-hybridized carbons (Fsp3) is 0.786. The van der Waals surface area contributed by atoms with E-state index in [1.165, 1.54) is 19.3 Å². The number of nitrogens with zero attached hydrogens (tertiary/aromatic N) is 4. The zero-order valence-corrected chi connectivity index (χ0v) is 12.7. The number of aromatic nitrogens is 3. The lowest BCUT2D eigenvalue weighted by Crippen LogP contribution is -2.31. The minimum Gasteiger partial charge on any atom is -0.463 e. The maximum Gasteiger partial charge on any atom is 0.323 e. The largest absolute Gasteiger partial charge is 0.463 e. The van der Waals surface area contributed by atoms with E-state index in [-0.39, 0.29) is 0 Å². The van der Waals surface area contributed by atoms with Crippen molar-refractivity contribution in [2.24, 2.45) is 5.92 Å². The van der Waals surface area contributed by atoms with Gasteiger partial charge >= 0.3 is 6.01 Å². The summed E-state index contributed by atoms with van der Waals surface area (Å²) in [7, 11) is 0. The zero-order valence-electron chi connectivity index (χ0n) is 12.7. The lowest BCUT2D eigenvalue weighted by atomic mass is 10.1. The van der Waals surface area contributed by atoms with Crippen LogP contribution in [0.2, 0.25) is 0 Å². The molecule has 6 nitrogen and oxygen atoms in total. The first-order valence-electron chi connectivity index (χ1n) is 7.56. The minimum atomic E-state index is 0.422. The van der Waals surface area contributed by atoms with E-state index in [1.807, 2.05) is 6.92 Å². The van der Waals surface area contributed by atoms with E-state index in [9.17, 15) is 0 Å². The number of rotatable bonds is 6. The average Bonchev–Trinajstić information content (AvgIpc) is 2.46. The van der Waals surface area contributed by atoms with Gasteiger partial charge in [0, 0.05) is 19.6 Å². The molecule has 0 aromatic carbocycles. The number of anilines is 2. The molecule has 0 spiro atoms. The minimum absolute atomic E-state index is 0.422. The predicted octanol–water partition coefficient (Wildman–Crippen LogP) is 2.33. The SMILES string of the molecule is CCNc1nc(OCC(C)C)nc(N2CCCCC2)n1. The number of nitrogens with one attached hydrogen (secondary N) is 1. The first kappa shape index (κ1) is 14.8. The fourth-order valence-electron chi connectivity index (χ4n) is 2.12. The Kier molecular flexibility index (Phi) is 5.38. The van der Waals surface area contributed by atoms with E-state index in [1.54, 1.807) is 0 Å². The third kappa shape index (κ3) is 4.21. The molecular weight excluding hydrogens is 254 g/mol. The van der Waals surface area contributed by atoms with Gasteiger partial charge in [-0.25, -0.2) is 0 Å². The number of hydrogen-bond acceptors (Lipinski definition) is 6. The van der Waals surface area contributed by atoms with Crippen LogP contribution in [0.3, 0.4) is 0 Å². The van der Waals surface area contributed by atoms with E-state index in [0.29, 0.717) is 24.5 Å². The van der Waals surface area contributed by atoms with Crippen LogP contribution in [0.25, 0.3) is 0 Å². The maximum absolute atomic E-state index is 5.66. The highest BCUT2D eigenvalue weighted by Gasteiger charge is 2.16. The molecule has 20 heavy (non-hydrogen) atoms. The number of ether oxygens (including phenoxy) is 1. The van der Waals surface area contributed by atoms with Gasteiger partial charge in [-0.15, -0.1) is 0 Å². The van der Waals surface area contributed by atoms with E-state index >= 15 is 0 Å². The molecule has 1 fully saturated rings. The predicted molar refractivity (Wildman–Crippen MR) is 80.4 cm³/mol. The summed E-state index contributed by atoms with van der Waals surface area (Å²) in [4.78, 5) is 15.5. The van der Waals surface area contributed by atoms with Crippen molar-refractivity contribution in [3.8, 4) is 6.01 Å². The number of piperidine rings is 1. The summed E-state index contributed by atoms with van der Waals surface area (Å²) in [6.45, 7) is 9.68. The lowest BCUT2D eigenvalue weighted by Gasteiger charge is -2.26. The van der Waals surface area contributed by atoms with Crippen molar-refractivity contribution in [1.82, 2.24) is 15.0 Å². The van der Waals surface area contributed by atoms with Crippen LogP contribution >= 0.6 is 0 Å². The summed E-state index contributed by atoms with van der Waals surface area (Å²) >= 11 is 0. The average molecular weight is 279 g/mol. The molecule has 0 unspecified atom stereocenters. The van der Waals surface area contributed by atoms with Gasteiger partial charge in [-0.2, -0.15) is 15.0 Å². The van der Waals surface area contributed by atoms with Crippen LogP contribution in [0, 0.1) is 5.92 Å². The standard InChI is InChI=1S/C14H25N5O/c1-4-15-12-16-13(19-8-6-5-7-9-19)18-14(17-12)20-10-11(2)3/h11H,4-10H2,1-3H3,(H,15,16,17,18). The van der Waals surface area contributed by atoms with Gasteiger partial charge in [0.25, 0.3) is 0 Å². The van der Waals surface area contributed by atoms with Crippen molar-refractivity contribution >= 4 is 11.9 Å². The topological polar surface area (TPSA) is 63.2 Å². The Morgan fingerprint density at radius 3 is 2.55 bits per heavy atom. The van der Waals surface area contributed by atoms with Crippen molar-refractivity contribution in [2.45, 2.75) is 40.0 Å². The molecule has 0 bridgehead atoms. The van der Waals surface area contributed by atoms with Crippen molar-refractivity contribution in [1.29, 1.82) is 0 Å². The summed E-state index contributed by atoms with van der Waals surface area (Å²) in [6.07, 6.45) is 3.69. The summed E-state index contributed by atoms with van der Waals surface area (Å²) in [5.74, 6) is 1.78. The van der Waals surface area contributed by atoms with Crippen molar-refractivity contribution in [2.75, 3.05) is 36.5 Å². The zero-order chi connectivity index (χ0) is 14.4. The Bertz CT molecular complexity index is 418. The smallest absolute Gasteiger partial charge is 0.323 e. The van der Waals surface area contributed by atoms with Crippen LogP contribution in [0.15, 0.2) is 0 Å². The third-order valence-corrected chi connectivity index (χ3v) is 3.12. The molecular formula is C14H25N5O. The Labute approximate surface area is 121 Å². The highest BCUT2D eigenvalue weighted by Crippen LogP contribution is 2.19. The Balaban J connectivity index is 2.15. The molecule has 1 N–H and O–H groups in total.